The Bertz CT molecular complexity index is 1080. The molecule has 0 saturated carbocycles. The standard InChI is InChI=1S/C24H30N2O5S/c1-17-13-14-21(32(29,30)26-15-9-8-10-18(26)2)16-22(17)24(28)31-19(3)23(27)25(4)20-11-6-5-7-12-20/h5-7,11-14,16,18-19H,8-10,15H2,1-4H3. The summed E-state index contributed by atoms with van der Waals surface area (Å²) in [5.41, 5.74) is 1.40. The van der Waals surface area contributed by atoms with Crippen molar-refractivity contribution in [3.05, 3.63) is 59.7 Å². The number of carbonyl (C=O) groups excluding carboxylic acids is 2. The molecule has 0 radical (unpaired) electrons. The molecule has 1 aliphatic heterocycles. The van der Waals surface area contributed by atoms with E-state index in [0.717, 1.165) is 19.3 Å². The summed E-state index contributed by atoms with van der Waals surface area (Å²) in [7, 11) is -2.12. The first-order valence-corrected chi connectivity index (χ1v) is 12.2. The molecule has 0 aliphatic carbocycles. The van der Waals surface area contributed by atoms with Crippen LogP contribution in [-0.2, 0) is 19.6 Å². The van der Waals surface area contributed by atoms with Crippen LogP contribution in [0.25, 0.3) is 0 Å². The maximum atomic E-state index is 13.2. The summed E-state index contributed by atoms with van der Waals surface area (Å²) in [6, 6.07) is 13.4. The van der Waals surface area contributed by atoms with E-state index in [1.165, 1.54) is 28.3 Å². The van der Waals surface area contributed by atoms with Crippen molar-refractivity contribution in [1.82, 2.24) is 4.31 Å². The van der Waals surface area contributed by atoms with E-state index >= 15 is 0 Å². The molecule has 3 rings (SSSR count). The maximum absolute atomic E-state index is 13.2. The van der Waals surface area contributed by atoms with Crippen LogP contribution in [0.4, 0.5) is 5.69 Å². The molecule has 172 valence electrons. The van der Waals surface area contributed by atoms with Crippen molar-refractivity contribution < 1.29 is 22.7 Å². The molecule has 1 heterocycles. The van der Waals surface area contributed by atoms with Crippen molar-refractivity contribution in [3.63, 3.8) is 0 Å². The average Bonchev–Trinajstić information content (AvgIpc) is 2.78. The lowest BCUT2D eigenvalue weighted by Gasteiger charge is -2.32. The molecule has 2 aromatic rings. The first kappa shape index (κ1) is 23.9. The van der Waals surface area contributed by atoms with Crippen LogP contribution in [0, 0.1) is 6.92 Å². The van der Waals surface area contributed by atoms with Crippen molar-refractivity contribution in [1.29, 1.82) is 0 Å². The van der Waals surface area contributed by atoms with E-state index in [1.54, 1.807) is 32.2 Å². The number of piperidine rings is 1. The van der Waals surface area contributed by atoms with E-state index in [9.17, 15) is 18.0 Å². The Kier molecular flexibility index (Phi) is 7.36. The second kappa shape index (κ2) is 9.83. The largest absolute Gasteiger partial charge is 0.449 e. The molecule has 0 bridgehead atoms. The minimum absolute atomic E-state index is 0.0594. The highest BCUT2D eigenvalue weighted by Gasteiger charge is 2.32. The van der Waals surface area contributed by atoms with Crippen LogP contribution < -0.4 is 4.90 Å². The molecule has 1 fully saturated rings. The Morgan fingerprint density at radius 2 is 1.81 bits per heavy atom. The zero-order valence-corrected chi connectivity index (χ0v) is 19.8. The maximum Gasteiger partial charge on any atom is 0.339 e. The van der Waals surface area contributed by atoms with Crippen LogP contribution >= 0.6 is 0 Å². The number of aryl methyl sites for hydroxylation is 1. The lowest BCUT2D eigenvalue weighted by Crippen LogP contribution is -2.42. The minimum atomic E-state index is -3.73. The van der Waals surface area contributed by atoms with Gasteiger partial charge in [-0.1, -0.05) is 30.7 Å². The lowest BCUT2D eigenvalue weighted by molar-refractivity contribution is -0.126. The first-order valence-electron chi connectivity index (χ1n) is 10.8. The second-order valence-corrected chi connectivity index (χ2v) is 10.1. The Labute approximate surface area is 190 Å². The summed E-state index contributed by atoms with van der Waals surface area (Å²) in [6.45, 7) is 5.58. The number of para-hydroxylation sites is 1. The van der Waals surface area contributed by atoms with Gasteiger partial charge in [0.25, 0.3) is 5.91 Å². The molecular formula is C24H30N2O5S. The summed E-state index contributed by atoms with van der Waals surface area (Å²) in [4.78, 5) is 27.0. The number of amides is 1. The van der Waals surface area contributed by atoms with Crippen LogP contribution in [0.15, 0.2) is 53.4 Å². The molecule has 1 saturated heterocycles. The monoisotopic (exact) mass is 458 g/mol. The minimum Gasteiger partial charge on any atom is -0.449 e. The summed E-state index contributed by atoms with van der Waals surface area (Å²) >= 11 is 0. The van der Waals surface area contributed by atoms with Crippen LogP contribution in [-0.4, -0.2) is 50.3 Å². The van der Waals surface area contributed by atoms with Gasteiger partial charge in [-0.05, 0) is 63.4 Å². The van der Waals surface area contributed by atoms with Gasteiger partial charge in [0.1, 0.15) is 0 Å². The first-order chi connectivity index (χ1) is 15.1. The fourth-order valence-corrected chi connectivity index (χ4v) is 5.60. The fourth-order valence-electron chi connectivity index (χ4n) is 3.87. The van der Waals surface area contributed by atoms with Gasteiger partial charge in [-0.2, -0.15) is 4.31 Å². The Balaban J connectivity index is 1.79. The van der Waals surface area contributed by atoms with Crippen molar-refractivity contribution in [2.75, 3.05) is 18.5 Å². The normalized spacial score (nSPS) is 18.1. The number of esters is 1. The Hall–Kier alpha value is -2.71. The zero-order chi connectivity index (χ0) is 23.5. The van der Waals surface area contributed by atoms with Gasteiger partial charge in [-0.3, -0.25) is 4.79 Å². The lowest BCUT2D eigenvalue weighted by atomic mass is 10.1. The number of benzene rings is 2. The highest BCUT2D eigenvalue weighted by atomic mass is 32.2. The van der Waals surface area contributed by atoms with Gasteiger partial charge < -0.3 is 9.64 Å². The highest BCUT2D eigenvalue weighted by Crippen LogP contribution is 2.27. The molecule has 0 N–H and O–H groups in total. The summed E-state index contributed by atoms with van der Waals surface area (Å²) in [5.74, 6) is -1.11. The molecule has 2 atom stereocenters. The summed E-state index contributed by atoms with van der Waals surface area (Å²) in [5, 5.41) is 0. The third kappa shape index (κ3) is 5.02. The predicted octanol–water partition coefficient (Wildman–Crippen LogP) is 3.77. The van der Waals surface area contributed by atoms with E-state index in [2.05, 4.69) is 0 Å². The van der Waals surface area contributed by atoms with Gasteiger partial charge in [0.2, 0.25) is 10.0 Å². The van der Waals surface area contributed by atoms with E-state index < -0.39 is 22.1 Å². The number of nitrogens with zero attached hydrogens (tertiary/aromatic N) is 2. The quantitative estimate of drug-likeness (QED) is 0.616. The number of hydrogen-bond donors (Lipinski definition) is 0. The molecule has 32 heavy (non-hydrogen) atoms. The molecular weight excluding hydrogens is 428 g/mol. The van der Waals surface area contributed by atoms with E-state index in [1.807, 2.05) is 25.1 Å². The smallest absolute Gasteiger partial charge is 0.339 e. The topological polar surface area (TPSA) is 84.0 Å². The second-order valence-electron chi connectivity index (χ2n) is 8.22. The van der Waals surface area contributed by atoms with Gasteiger partial charge in [-0.25, -0.2) is 13.2 Å². The van der Waals surface area contributed by atoms with Gasteiger partial charge in [0, 0.05) is 25.3 Å². The third-order valence-corrected chi connectivity index (χ3v) is 7.89. The molecule has 1 amide bonds. The number of carbonyl (C=O) groups is 2. The number of ether oxygens (including phenoxy) is 1. The third-order valence-electron chi connectivity index (χ3n) is 5.88. The van der Waals surface area contributed by atoms with Crippen molar-refractivity contribution in [2.24, 2.45) is 0 Å². The van der Waals surface area contributed by atoms with E-state index in [-0.39, 0.29) is 22.4 Å². The molecule has 7 nitrogen and oxygen atoms in total. The fraction of sp³-hybridized carbons (Fsp3) is 0.417. The van der Waals surface area contributed by atoms with Crippen molar-refractivity contribution >= 4 is 27.6 Å². The number of likely N-dealkylation sites (N-methyl/N-ethyl adjacent to an activating group) is 1. The Morgan fingerprint density at radius 1 is 1.12 bits per heavy atom. The number of anilines is 1. The molecule has 2 unspecified atom stereocenters. The molecule has 0 aromatic heterocycles. The molecule has 1 aliphatic rings. The van der Waals surface area contributed by atoms with Crippen molar-refractivity contribution in [2.45, 2.75) is 57.1 Å². The SMILES string of the molecule is Cc1ccc(S(=O)(=O)N2CCCCC2C)cc1C(=O)OC(C)C(=O)N(C)c1ccccc1. The van der Waals surface area contributed by atoms with Gasteiger partial charge in [0.15, 0.2) is 6.10 Å². The van der Waals surface area contributed by atoms with Crippen LogP contribution in [0.3, 0.4) is 0 Å². The number of hydrogen-bond acceptors (Lipinski definition) is 5. The average molecular weight is 459 g/mol. The van der Waals surface area contributed by atoms with Crippen LogP contribution in [0.1, 0.15) is 49.0 Å². The van der Waals surface area contributed by atoms with Crippen molar-refractivity contribution in [3.8, 4) is 0 Å². The highest BCUT2D eigenvalue weighted by molar-refractivity contribution is 7.89. The molecule has 0 spiro atoms. The van der Waals surface area contributed by atoms with Crippen LogP contribution in [0.2, 0.25) is 0 Å². The number of rotatable bonds is 6. The van der Waals surface area contributed by atoms with Crippen LogP contribution in [0.5, 0.6) is 0 Å². The zero-order valence-electron chi connectivity index (χ0n) is 18.9. The van der Waals surface area contributed by atoms with E-state index in [4.69, 9.17) is 4.74 Å². The number of sulfonamides is 1. The predicted molar refractivity (Wildman–Crippen MR) is 123 cm³/mol. The van der Waals surface area contributed by atoms with Gasteiger partial charge in [-0.15, -0.1) is 0 Å². The van der Waals surface area contributed by atoms with Gasteiger partial charge >= 0.3 is 5.97 Å². The van der Waals surface area contributed by atoms with E-state index in [0.29, 0.717) is 17.8 Å². The summed E-state index contributed by atoms with van der Waals surface area (Å²) < 4.78 is 33.3. The van der Waals surface area contributed by atoms with Gasteiger partial charge in [0.05, 0.1) is 10.5 Å². The molecule has 8 heteroatoms. The summed E-state index contributed by atoms with van der Waals surface area (Å²) in [6.07, 6.45) is 1.60. The molecule has 2 aromatic carbocycles. The Morgan fingerprint density at radius 3 is 2.47 bits per heavy atom.